The van der Waals surface area contributed by atoms with Gasteiger partial charge in [0.1, 0.15) is 0 Å². The third-order valence-electron chi connectivity index (χ3n) is 5.42. The van der Waals surface area contributed by atoms with Crippen LogP contribution in [-0.2, 0) is 15.0 Å². The van der Waals surface area contributed by atoms with Gasteiger partial charge in [0.05, 0.1) is 30.6 Å². The van der Waals surface area contributed by atoms with Gasteiger partial charge in [0.25, 0.3) is 11.8 Å². The zero-order valence-corrected chi connectivity index (χ0v) is 18.5. The molecule has 2 heterocycles. The minimum Gasteiger partial charge on any atom is -0.372 e. The predicted octanol–water partition coefficient (Wildman–Crippen LogP) is 2.30. The summed E-state index contributed by atoms with van der Waals surface area (Å²) < 4.78 is 63.0. The molecule has 1 aromatic heterocycles. The number of hydrogen-bond donors (Lipinski definition) is 1. The number of hydrogen-bond acceptors (Lipinski definition) is 6. The molecular weight excluding hydrogens is 449 g/mol. The normalized spacial score (nSPS) is 18.2. The van der Waals surface area contributed by atoms with Crippen LogP contribution in [0, 0.1) is 0 Å². The standard InChI is InChI=1S/C20H23F3N4O4S/c1-12(2)26(3)13-4-5-16-15(8-13)14(6-7-24-16)19(29)25-10-17(28)27-11-20(21,22)9-18(27)32(23,30)31/h4-8,12,18H,9-11H2,1-3H3,(H,25,29). The molecule has 174 valence electrons. The Hall–Kier alpha value is -2.89. The summed E-state index contributed by atoms with van der Waals surface area (Å²) in [5, 5.41) is 0.538. The largest absolute Gasteiger partial charge is 0.372 e. The first-order chi connectivity index (χ1) is 14.8. The molecule has 1 aliphatic heterocycles. The van der Waals surface area contributed by atoms with Crippen molar-refractivity contribution in [1.29, 1.82) is 0 Å². The van der Waals surface area contributed by atoms with Gasteiger partial charge in [0.15, 0.2) is 5.37 Å². The second-order valence-electron chi connectivity index (χ2n) is 7.96. The van der Waals surface area contributed by atoms with Crippen LogP contribution >= 0.6 is 0 Å². The Morgan fingerprint density at radius 2 is 2.00 bits per heavy atom. The van der Waals surface area contributed by atoms with Crippen LogP contribution < -0.4 is 10.2 Å². The van der Waals surface area contributed by atoms with Crippen molar-refractivity contribution in [3.63, 3.8) is 0 Å². The maximum atomic E-state index is 13.6. The van der Waals surface area contributed by atoms with Gasteiger partial charge in [-0.15, -0.1) is 3.89 Å². The highest BCUT2D eigenvalue weighted by Gasteiger charge is 2.52. The zero-order chi connectivity index (χ0) is 23.8. The summed E-state index contributed by atoms with van der Waals surface area (Å²) in [7, 11) is -3.52. The number of halogens is 3. The highest BCUT2D eigenvalue weighted by atomic mass is 32.3. The topological polar surface area (TPSA) is 99.7 Å². The van der Waals surface area contributed by atoms with Gasteiger partial charge in [-0.25, -0.2) is 8.78 Å². The number of nitrogens with one attached hydrogen (secondary N) is 1. The third-order valence-corrected chi connectivity index (χ3v) is 6.49. The number of alkyl halides is 2. The number of fused-ring (bicyclic) bond motifs is 1. The molecule has 1 aromatic carbocycles. The molecule has 12 heteroatoms. The Labute approximate surface area is 183 Å². The first kappa shape index (κ1) is 23.8. The average Bonchev–Trinajstić information content (AvgIpc) is 3.06. The van der Waals surface area contributed by atoms with Crippen LogP contribution in [0.4, 0.5) is 18.4 Å². The maximum absolute atomic E-state index is 13.6. The van der Waals surface area contributed by atoms with Gasteiger partial charge in [-0.3, -0.25) is 14.6 Å². The lowest BCUT2D eigenvalue weighted by molar-refractivity contribution is -0.131. The summed E-state index contributed by atoms with van der Waals surface area (Å²) in [6, 6.07) is 7.00. The Balaban J connectivity index is 1.80. The van der Waals surface area contributed by atoms with E-state index in [2.05, 4.69) is 10.3 Å². The summed E-state index contributed by atoms with van der Waals surface area (Å²) in [5.74, 6) is -5.34. The first-order valence-corrected chi connectivity index (χ1v) is 11.3. The molecule has 3 rings (SSSR count). The van der Waals surface area contributed by atoms with Gasteiger partial charge in [-0.2, -0.15) is 8.42 Å². The van der Waals surface area contributed by atoms with E-state index in [0.717, 1.165) is 5.69 Å². The van der Waals surface area contributed by atoms with Crippen molar-refractivity contribution in [2.45, 2.75) is 37.6 Å². The number of benzene rings is 1. The summed E-state index contributed by atoms with van der Waals surface area (Å²) in [6.45, 7) is 1.99. The number of likely N-dealkylation sites (tertiary alicyclic amines) is 1. The summed E-state index contributed by atoms with van der Waals surface area (Å²) in [4.78, 5) is 31.5. The van der Waals surface area contributed by atoms with E-state index in [0.29, 0.717) is 10.9 Å². The molecule has 8 nitrogen and oxygen atoms in total. The van der Waals surface area contributed by atoms with Gasteiger partial charge in [-0.1, -0.05) is 0 Å². The van der Waals surface area contributed by atoms with Crippen molar-refractivity contribution < 1.29 is 30.7 Å². The van der Waals surface area contributed by atoms with E-state index >= 15 is 0 Å². The molecule has 0 spiro atoms. The summed E-state index contributed by atoms with van der Waals surface area (Å²) in [5.41, 5.74) is 1.57. The molecule has 1 aliphatic rings. The molecule has 1 atom stereocenters. The van der Waals surface area contributed by atoms with Crippen LogP contribution in [0.15, 0.2) is 30.5 Å². The second-order valence-corrected chi connectivity index (χ2v) is 9.45. The Morgan fingerprint density at radius 3 is 2.62 bits per heavy atom. The third kappa shape index (κ3) is 4.95. The fourth-order valence-corrected chi connectivity index (χ4v) is 4.42. The van der Waals surface area contributed by atoms with E-state index in [1.165, 1.54) is 12.3 Å². The van der Waals surface area contributed by atoms with E-state index in [9.17, 15) is 30.7 Å². The molecule has 2 aromatic rings. The molecule has 32 heavy (non-hydrogen) atoms. The van der Waals surface area contributed by atoms with Crippen LogP contribution in [0.25, 0.3) is 10.9 Å². The van der Waals surface area contributed by atoms with E-state index in [1.807, 2.05) is 31.9 Å². The highest BCUT2D eigenvalue weighted by molar-refractivity contribution is 7.87. The van der Waals surface area contributed by atoms with Gasteiger partial charge >= 0.3 is 10.2 Å². The number of carbonyl (C=O) groups excluding carboxylic acids is 2. The molecule has 0 radical (unpaired) electrons. The lowest BCUT2D eigenvalue weighted by atomic mass is 10.1. The minimum atomic E-state index is -5.41. The quantitative estimate of drug-likeness (QED) is 0.648. The van der Waals surface area contributed by atoms with E-state index in [-0.39, 0.29) is 16.5 Å². The average molecular weight is 472 g/mol. The van der Waals surface area contributed by atoms with Crippen molar-refractivity contribution in [3.8, 4) is 0 Å². The molecule has 1 saturated heterocycles. The SMILES string of the molecule is CC(C)N(C)c1ccc2nccc(C(=O)NCC(=O)N3CC(F)(F)CC3S(=O)(=O)F)c2c1. The minimum absolute atomic E-state index is 0.192. The second kappa shape index (κ2) is 8.57. The van der Waals surface area contributed by atoms with Gasteiger partial charge in [0, 0.05) is 30.4 Å². The van der Waals surface area contributed by atoms with Crippen molar-refractivity contribution in [2.75, 3.05) is 25.0 Å². The van der Waals surface area contributed by atoms with E-state index < -0.39 is 52.8 Å². The van der Waals surface area contributed by atoms with Crippen LogP contribution in [0.5, 0.6) is 0 Å². The molecule has 0 bridgehead atoms. The molecule has 1 fully saturated rings. The van der Waals surface area contributed by atoms with Crippen molar-refractivity contribution in [1.82, 2.24) is 15.2 Å². The molecule has 2 amide bonds. The van der Waals surface area contributed by atoms with E-state index in [4.69, 9.17) is 0 Å². The Morgan fingerprint density at radius 1 is 1.31 bits per heavy atom. The van der Waals surface area contributed by atoms with Crippen LogP contribution in [0.2, 0.25) is 0 Å². The number of pyridine rings is 1. The molecular formula is C20H23F3N4O4S. The van der Waals surface area contributed by atoms with Gasteiger partial charge < -0.3 is 15.1 Å². The summed E-state index contributed by atoms with van der Waals surface area (Å²) in [6.07, 6.45) is 0.0876. The molecule has 1 unspecified atom stereocenters. The number of anilines is 1. The van der Waals surface area contributed by atoms with Gasteiger partial charge in [0.2, 0.25) is 5.91 Å². The monoisotopic (exact) mass is 472 g/mol. The zero-order valence-electron chi connectivity index (χ0n) is 17.7. The van der Waals surface area contributed by atoms with Crippen LogP contribution in [0.3, 0.4) is 0 Å². The first-order valence-electron chi connectivity index (χ1n) is 9.81. The molecule has 1 N–H and O–H groups in total. The number of aromatic nitrogens is 1. The summed E-state index contributed by atoms with van der Waals surface area (Å²) >= 11 is 0. The predicted molar refractivity (Wildman–Crippen MR) is 113 cm³/mol. The van der Waals surface area contributed by atoms with Crippen molar-refractivity contribution in [2.24, 2.45) is 0 Å². The number of rotatable bonds is 6. The fourth-order valence-electron chi connectivity index (χ4n) is 3.48. The molecule has 0 aliphatic carbocycles. The van der Waals surface area contributed by atoms with Crippen LogP contribution in [-0.4, -0.2) is 67.6 Å². The number of nitrogens with zero attached hydrogens (tertiary/aromatic N) is 3. The van der Waals surface area contributed by atoms with Crippen LogP contribution in [0.1, 0.15) is 30.6 Å². The fraction of sp³-hybridized carbons (Fsp3) is 0.450. The maximum Gasteiger partial charge on any atom is 0.323 e. The van der Waals surface area contributed by atoms with E-state index in [1.54, 1.807) is 12.1 Å². The lowest BCUT2D eigenvalue weighted by Gasteiger charge is -2.24. The number of amides is 2. The number of carbonyl (C=O) groups is 2. The lowest BCUT2D eigenvalue weighted by Crippen LogP contribution is -2.45. The van der Waals surface area contributed by atoms with Crippen molar-refractivity contribution >= 4 is 38.6 Å². The Kier molecular flexibility index (Phi) is 6.36. The van der Waals surface area contributed by atoms with Crippen molar-refractivity contribution in [3.05, 3.63) is 36.0 Å². The van der Waals surface area contributed by atoms with Gasteiger partial charge in [-0.05, 0) is 38.1 Å². The Bertz CT molecular complexity index is 1160. The highest BCUT2D eigenvalue weighted by Crippen LogP contribution is 2.35. The molecule has 0 saturated carbocycles. The smallest absolute Gasteiger partial charge is 0.323 e.